The van der Waals surface area contributed by atoms with E-state index >= 15 is 0 Å². The van der Waals surface area contributed by atoms with Gasteiger partial charge in [-0.2, -0.15) is 0 Å². The third-order valence-electron chi connectivity index (χ3n) is 2.78. The molecule has 88 valence electrons. The van der Waals surface area contributed by atoms with Crippen molar-refractivity contribution in [2.45, 2.75) is 32.7 Å². The summed E-state index contributed by atoms with van der Waals surface area (Å²) in [6.07, 6.45) is 0.444. The van der Waals surface area contributed by atoms with Crippen LogP contribution in [-0.2, 0) is 4.79 Å². The Morgan fingerprint density at radius 2 is 1.80 bits per heavy atom. The largest absolute Gasteiger partial charge is 0.340 e. The van der Waals surface area contributed by atoms with Crippen molar-refractivity contribution in [3.8, 4) is 0 Å². The highest BCUT2D eigenvalue weighted by Crippen LogP contribution is 2.09. The van der Waals surface area contributed by atoms with Crippen molar-refractivity contribution in [2.24, 2.45) is 5.73 Å². The van der Waals surface area contributed by atoms with Gasteiger partial charge in [-0.25, -0.2) is 0 Å². The third kappa shape index (κ3) is 4.18. The van der Waals surface area contributed by atoms with Gasteiger partial charge in [0.1, 0.15) is 0 Å². The summed E-state index contributed by atoms with van der Waals surface area (Å²) in [6.45, 7) is 10.7. The predicted molar refractivity (Wildman–Crippen MR) is 61.6 cm³/mol. The Kier molecular flexibility index (Phi) is 4.11. The highest BCUT2D eigenvalue weighted by atomic mass is 16.2. The summed E-state index contributed by atoms with van der Waals surface area (Å²) in [4.78, 5) is 16.1. The van der Waals surface area contributed by atoms with E-state index in [9.17, 15) is 4.79 Å². The fourth-order valence-corrected chi connectivity index (χ4v) is 1.82. The summed E-state index contributed by atoms with van der Waals surface area (Å²) >= 11 is 0. The molecule has 1 rings (SSSR count). The minimum Gasteiger partial charge on any atom is -0.340 e. The molecular formula is C11H23N3O. The number of rotatable bonds is 3. The third-order valence-corrected chi connectivity index (χ3v) is 2.78. The Hall–Kier alpha value is -0.610. The number of piperazine rings is 1. The summed E-state index contributed by atoms with van der Waals surface area (Å²) in [7, 11) is 0. The van der Waals surface area contributed by atoms with Crippen molar-refractivity contribution in [1.82, 2.24) is 9.80 Å². The summed E-state index contributed by atoms with van der Waals surface area (Å²) in [5.41, 5.74) is 5.45. The first-order valence-electron chi connectivity index (χ1n) is 5.71. The molecule has 15 heavy (non-hydrogen) atoms. The number of carbonyl (C=O) groups excluding carboxylic acids is 1. The van der Waals surface area contributed by atoms with E-state index in [2.05, 4.69) is 11.8 Å². The van der Waals surface area contributed by atoms with E-state index in [-0.39, 0.29) is 11.4 Å². The van der Waals surface area contributed by atoms with Crippen molar-refractivity contribution in [3.63, 3.8) is 0 Å². The van der Waals surface area contributed by atoms with Crippen LogP contribution in [0.2, 0.25) is 0 Å². The smallest absolute Gasteiger partial charge is 0.224 e. The SMILES string of the molecule is CCN1CCN(C(=O)CC(C)(C)N)CC1. The van der Waals surface area contributed by atoms with Crippen LogP contribution in [0.1, 0.15) is 27.2 Å². The quantitative estimate of drug-likeness (QED) is 0.732. The van der Waals surface area contributed by atoms with Gasteiger partial charge in [-0.3, -0.25) is 4.79 Å². The lowest BCUT2D eigenvalue weighted by Gasteiger charge is -2.35. The molecule has 0 atom stereocenters. The first-order chi connectivity index (χ1) is 6.92. The van der Waals surface area contributed by atoms with Crippen LogP contribution in [0.25, 0.3) is 0 Å². The normalized spacial score (nSPS) is 19.3. The van der Waals surface area contributed by atoms with Gasteiger partial charge in [0.15, 0.2) is 0 Å². The summed E-state index contributed by atoms with van der Waals surface area (Å²) < 4.78 is 0. The Bertz CT molecular complexity index is 214. The predicted octanol–water partition coefficient (Wildman–Crippen LogP) is 0.278. The molecule has 1 amide bonds. The monoisotopic (exact) mass is 213 g/mol. The minimum atomic E-state index is -0.390. The molecular weight excluding hydrogens is 190 g/mol. The number of nitrogens with two attached hydrogens (primary N) is 1. The number of amides is 1. The van der Waals surface area contributed by atoms with Gasteiger partial charge in [-0.1, -0.05) is 6.92 Å². The minimum absolute atomic E-state index is 0.193. The topological polar surface area (TPSA) is 49.6 Å². The van der Waals surface area contributed by atoms with Gasteiger partial charge in [-0.05, 0) is 20.4 Å². The van der Waals surface area contributed by atoms with Crippen LogP contribution in [0.5, 0.6) is 0 Å². The maximum absolute atomic E-state index is 11.8. The molecule has 1 aliphatic rings. The van der Waals surface area contributed by atoms with E-state index < -0.39 is 0 Å². The van der Waals surface area contributed by atoms with Crippen molar-refractivity contribution >= 4 is 5.91 Å². The van der Waals surface area contributed by atoms with Crippen LogP contribution < -0.4 is 5.73 Å². The molecule has 0 aromatic heterocycles. The molecule has 0 radical (unpaired) electrons. The average molecular weight is 213 g/mol. The van der Waals surface area contributed by atoms with E-state index in [0.717, 1.165) is 32.7 Å². The lowest BCUT2D eigenvalue weighted by atomic mass is 10.0. The van der Waals surface area contributed by atoms with E-state index in [1.165, 1.54) is 0 Å². The van der Waals surface area contributed by atoms with Gasteiger partial charge in [0.2, 0.25) is 5.91 Å². The molecule has 0 saturated carbocycles. The Balaban J connectivity index is 2.37. The molecule has 4 nitrogen and oxygen atoms in total. The number of carbonyl (C=O) groups is 1. The number of likely N-dealkylation sites (N-methyl/N-ethyl adjacent to an activating group) is 1. The fraction of sp³-hybridized carbons (Fsp3) is 0.909. The molecule has 0 unspecified atom stereocenters. The molecule has 2 N–H and O–H groups in total. The van der Waals surface area contributed by atoms with Gasteiger partial charge in [0.25, 0.3) is 0 Å². The van der Waals surface area contributed by atoms with Gasteiger partial charge < -0.3 is 15.5 Å². The zero-order chi connectivity index (χ0) is 11.5. The lowest BCUT2D eigenvalue weighted by Crippen LogP contribution is -2.50. The van der Waals surface area contributed by atoms with Crippen LogP contribution in [0.4, 0.5) is 0 Å². The molecule has 1 aliphatic heterocycles. The highest BCUT2D eigenvalue weighted by molar-refractivity contribution is 5.77. The zero-order valence-corrected chi connectivity index (χ0v) is 10.1. The van der Waals surface area contributed by atoms with Crippen LogP contribution in [-0.4, -0.2) is 54.0 Å². The first kappa shape index (κ1) is 12.5. The van der Waals surface area contributed by atoms with Crippen molar-refractivity contribution in [3.05, 3.63) is 0 Å². The summed E-state index contributed by atoms with van der Waals surface area (Å²) in [5, 5.41) is 0. The second-order valence-corrected chi connectivity index (χ2v) is 4.98. The molecule has 1 heterocycles. The number of hydrogen-bond acceptors (Lipinski definition) is 3. The van der Waals surface area contributed by atoms with Crippen LogP contribution in [0, 0.1) is 0 Å². The van der Waals surface area contributed by atoms with Crippen LogP contribution in [0.15, 0.2) is 0 Å². The fourth-order valence-electron chi connectivity index (χ4n) is 1.82. The molecule has 0 bridgehead atoms. The Morgan fingerprint density at radius 3 is 2.20 bits per heavy atom. The Labute approximate surface area is 92.4 Å². The average Bonchev–Trinajstić information content (AvgIpc) is 2.15. The summed E-state index contributed by atoms with van der Waals surface area (Å²) in [6, 6.07) is 0. The molecule has 0 spiro atoms. The standard InChI is InChI=1S/C11H23N3O/c1-4-13-5-7-14(8-6-13)10(15)9-11(2,3)12/h4-9,12H2,1-3H3. The highest BCUT2D eigenvalue weighted by Gasteiger charge is 2.24. The van der Waals surface area contributed by atoms with Gasteiger partial charge >= 0.3 is 0 Å². The first-order valence-corrected chi connectivity index (χ1v) is 5.71. The molecule has 1 saturated heterocycles. The van der Waals surface area contributed by atoms with Crippen LogP contribution in [0.3, 0.4) is 0 Å². The van der Waals surface area contributed by atoms with Gasteiger partial charge in [-0.15, -0.1) is 0 Å². The Morgan fingerprint density at radius 1 is 1.27 bits per heavy atom. The zero-order valence-electron chi connectivity index (χ0n) is 10.1. The molecule has 0 aliphatic carbocycles. The number of hydrogen-bond donors (Lipinski definition) is 1. The molecule has 0 aromatic carbocycles. The van der Waals surface area contributed by atoms with Crippen molar-refractivity contribution in [2.75, 3.05) is 32.7 Å². The second-order valence-electron chi connectivity index (χ2n) is 4.98. The van der Waals surface area contributed by atoms with Crippen molar-refractivity contribution in [1.29, 1.82) is 0 Å². The maximum Gasteiger partial charge on any atom is 0.224 e. The molecule has 4 heteroatoms. The summed E-state index contributed by atoms with van der Waals surface area (Å²) in [5.74, 6) is 0.193. The van der Waals surface area contributed by atoms with E-state index in [4.69, 9.17) is 5.73 Å². The van der Waals surface area contributed by atoms with E-state index in [1.807, 2.05) is 18.7 Å². The molecule has 0 aromatic rings. The van der Waals surface area contributed by atoms with Gasteiger partial charge in [0, 0.05) is 38.1 Å². The maximum atomic E-state index is 11.8. The van der Waals surface area contributed by atoms with E-state index in [1.54, 1.807) is 0 Å². The number of nitrogens with zero attached hydrogens (tertiary/aromatic N) is 2. The second kappa shape index (κ2) is 4.94. The van der Waals surface area contributed by atoms with Crippen LogP contribution >= 0.6 is 0 Å². The lowest BCUT2D eigenvalue weighted by molar-refractivity contribution is -0.133. The molecule has 1 fully saturated rings. The van der Waals surface area contributed by atoms with E-state index in [0.29, 0.717) is 6.42 Å². The van der Waals surface area contributed by atoms with Gasteiger partial charge in [0.05, 0.1) is 0 Å². The van der Waals surface area contributed by atoms with Crippen molar-refractivity contribution < 1.29 is 4.79 Å².